The van der Waals surface area contributed by atoms with Gasteiger partial charge in [0.05, 0.1) is 11.3 Å². The van der Waals surface area contributed by atoms with E-state index in [4.69, 9.17) is 0 Å². The first-order chi connectivity index (χ1) is 11.0. The van der Waals surface area contributed by atoms with Gasteiger partial charge in [-0.2, -0.15) is 0 Å². The van der Waals surface area contributed by atoms with Gasteiger partial charge in [-0.25, -0.2) is 0 Å². The fraction of sp³-hybridized carbons (Fsp3) is 0.750. The largest absolute Gasteiger partial charge is 0.481 e. The third-order valence-electron chi connectivity index (χ3n) is 4.66. The van der Waals surface area contributed by atoms with Crippen LogP contribution in [0.25, 0.3) is 0 Å². The van der Waals surface area contributed by atoms with Crippen molar-refractivity contribution in [2.75, 3.05) is 5.32 Å². The minimum absolute atomic E-state index is 0.0869. The van der Waals surface area contributed by atoms with Gasteiger partial charge in [-0.05, 0) is 32.1 Å². The van der Waals surface area contributed by atoms with Crippen LogP contribution in [0.15, 0.2) is 0 Å². The summed E-state index contributed by atoms with van der Waals surface area (Å²) in [4.78, 5) is 24.3. The Labute approximate surface area is 140 Å². The maximum absolute atomic E-state index is 12.8. The molecule has 1 heterocycles. The number of anilines is 1. The number of nitrogens with zero attached hydrogens (tertiary/aromatic N) is 2. The molecule has 0 unspecified atom stereocenters. The number of hydrogen-bond acceptors (Lipinski definition) is 5. The molecule has 0 aliphatic heterocycles. The normalized spacial score (nSPS) is 17.8. The molecule has 1 aliphatic carbocycles. The number of carboxylic acid groups (broad SMARTS) is 1. The first-order valence-electron chi connectivity index (χ1n) is 8.37. The van der Waals surface area contributed by atoms with Gasteiger partial charge < -0.3 is 10.4 Å². The molecule has 0 spiro atoms. The Kier molecular flexibility index (Phi) is 6.10. The Morgan fingerprint density at radius 3 is 2.61 bits per heavy atom. The van der Waals surface area contributed by atoms with Crippen LogP contribution in [0.5, 0.6) is 0 Å². The average molecular weight is 341 g/mol. The Morgan fingerprint density at radius 2 is 2.09 bits per heavy atom. The number of rotatable bonds is 8. The van der Waals surface area contributed by atoms with E-state index < -0.39 is 17.3 Å². The summed E-state index contributed by atoms with van der Waals surface area (Å²) in [7, 11) is 0. The SMILES string of the molecule is CCC[C@H](CC1(C(=O)Nc2nn[14c](CC)s2)CCCC1)C(=O)O. The maximum Gasteiger partial charge on any atom is 0.306 e. The molecule has 2 N–H and O–H groups in total. The predicted molar refractivity (Wildman–Crippen MR) is 89.5 cm³/mol. The van der Waals surface area contributed by atoms with Crippen molar-refractivity contribution < 1.29 is 14.7 Å². The summed E-state index contributed by atoms with van der Waals surface area (Å²) in [5, 5.41) is 21.7. The highest BCUT2D eigenvalue weighted by molar-refractivity contribution is 7.15. The van der Waals surface area contributed by atoms with Crippen molar-refractivity contribution in [1.82, 2.24) is 10.2 Å². The number of aryl methyl sites for hydroxylation is 1. The molecule has 1 atom stereocenters. The highest BCUT2D eigenvalue weighted by atomic mass is 32.1. The van der Waals surface area contributed by atoms with Crippen LogP contribution in [-0.2, 0) is 16.0 Å². The summed E-state index contributed by atoms with van der Waals surface area (Å²) >= 11 is 1.38. The minimum atomic E-state index is -0.796. The lowest BCUT2D eigenvalue weighted by Crippen LogP contribution is -2.37. The lowest BCUT2D eigenvalue weighted by atomic mass is 9.75. The van der Waals surface area contributed by atoms with Crippen molar-refractivity contribution >= 4 is 28.3 Å². The minimum Gasteiger partial charge on any atom is -0.481 e. The van der Waals surface area contributed by atoms with Gasteiger partial charge in [-0.15, -0.1) is 10.2 Å². The van der Waals surface area contributed by atoms with E-state index in [1.54, 1.807) is 0 Å². The second-order valence-electron chi connectivity index (χ2n) is 6.32. The number of amides is 1. The van der Waals surface area contributed by atoms with Gasteiger partial charge >= 0.3 is 5.97 Å². The summed E-state index contributed by atoms with van der Waals surface area (Å²) in [6, 6.07) is 0. The van der Waals surface area contributed by atoms with Crippen molar-refractivity contribution in [3.05, 3.63) is 5.01 Å². The van der Waals surface area contributed by atoms with Gasteiger partial charge in [0.15, 0.2) is 0 Å². The van der Waals surface area contributed by atoms with Gasteiger partial charge in [-0.1, -0.05) is 44.4 Å². The molecule has 0 radical (unpaired) electrons. The summed E-state index contributed by atoms with van der Waals surface area (Å²) in [6.45, 7) is 3.97. The Morgan fingerprint density at radius 1 is 1.39 bits per heavy atom. The van der Waals surface area contributed by atoms with Crippen molar-refractivity contribution in [2.45, 2.75) is 65.2 Å². The van der Waals surface area contributed by atoms with Crippen LogP contribution in [0.1, 0.15) is 63.8 Å². The predicted octanol–water partition coefficient (Wildman–Crippen LogP) is 3.49. The van der Waals surface area contributed by atoms with Crippen molar-refractivity contribution in [3.8, 4) is 0 Å². The van der Waals surface area contributed by atoms with Gasteiger partial charge in [0.25, 0.3) is 0 Å². The highest BCUT2D eigenvalue weighted by Gasteiger charge is 2.44. The number of aliphatic carboxylic acids is 1. The number of carbonyl (C=O) groups is 2. The molecular formula is C16H25N3O3S. The van der Waals surface area contributed by atoms with Crippen LogP contribution in [-0.4, -0.2) is 27.2 Å². The Balaban J connectivity index is 2.12. The number of nitrogens with one attached hydrogen (secondary N) is 1. The van der Waals surface area contributed by atoms with E-state index in [0.29, 0.717) is 18.0 Å². The van der Waals surface area contributed by atoms with E-state index >= 15 is 0 Å². The lowest BCUT2D eigenvalue weighted by molar-refractivity contribution is -0.144. The van der Waals surface area contributed by atoms with Crippen LogP contribution in [0.4, 0.5) is 5.13 Å². The summed E-state index contributed by atoms with van der Waals surface area (Å²) in [5.41, 5.74) is -0.573. The van der Waals surface area contributed by atoms with Crippen molar-refractivity contribution in [1.29, 1.82) is 0 Å². The fourth-order valence-corrected chi connectivity index (χ4v) is 4.06. The zero-order valence-electron chi connectivity index (χ0n) is 13.8. The summed E-state index contributed by atoms with van der Waals surface area (Å²) in [5.74, 6) is -1.34. The van der Waals surface area contributed by atoms with Crippen LogP contribution < -0.4 is 5.32 Å². The van der Waals surface area contributed by atoms with Gasteiger partial charge in [0.2, 0.25) is 11.0 Å². The standard InChI is InChI=1S/C16H25N3O3S/c1-3-7-11(13(20)21)10-16(8-5-6-9-16)14(22)17-15-19-18-12(4-2)23-15/h11H,3-10H2,1-2H3,(H,20,21)(H,17,19,22)/t11-/m1/s1/i12+2. The zero-order valence-corrected chi connectivity index (χ0v) is 14.6. The number of carboxylic acids is 1. The first-order valence-corrected chi connectivity index (χ1v) is 9.19. The highest BCUT2D eigenvalue weighted by Crippen LogP contribution is 2.45. The average Bonchev–Trinajstić information content (AvgIpc) is 3.16. The number of hydrogen-bond donors (Lipinski definition) is 2. The molecule has 1 aliphatic rings. The lowest BCUT2D eigenvalue weighted by Gasteiger charge is -2.29. The zero-order chi connectivity index (χ0) is 16.9. The molecular weight excluding hydrogens is 316 g/mol. The quantitative estimate of drug-likeness (QED) is 0.755. The van der Waals surface area contributed by atoms with Gasteiger partial charge in [0.1, 0.15) is 5.01 Å². The first kappa shape index (κ1) is 17.8. The molecule has 7 heteroatoms. The topological polar surface area (TPSA) is 92.2 Å². The molecule has 1 saturated carbocycles. The van der Waals surface area contributed by atoms with E-state index in [-0.39, 0.29) is 5.91 Å². The van der Waals surface area contributed by atoms with Crippen LogP contribution in [0, 0.1) is 11.3 Å². The molecule has 1 aromatic heterocycles. The Bertz CT molecular complexity index is 553. The van der Waals surface area contributed by atoms with E-state index in [9.17, 15) is 14.7 Å². The second-order valence-corrected chi connectivity index (χ2v) is 7.39. The molecule has 0 saturated heterocycles. The molecule has 1 fully saturated rings. The third-order valence-corrected chi connectivity index (χ3v) is 5.64. The third kappa shape index (κ3) is 4.28. The van der Waals surface area contributed by atoms with Gasteiger partial charge in [0, 0.05) is 0 Å². The summed E-state index contributed by atoms with van der Waals surface area (Å²) < 4.78 is 0. The van der Waals surface area contributed by atoms with Crippen LogP contribution in [0.3, 0.4) is 0 Å². The monoisotopic (exact) mass is 341 g/mol. The van der Waals surface area contributed by atoms with Crippen molar-refractivity contribution in [2.24, 2.45) is 11.3 Å². The number of aromatic nitrogens is 2. The van der Waals surface area contributed by atoms with E-state index in [0.717, 1.165) is 43.5 Å². The van der Waals surface area contributed by atoms with Crippen LogP contribution >= 0.6 is 11.3 Å². The second kappa shape index (κ2) is 7.86. The molecule has 23 heavy (non-hydrogen) atoms. The molecule has 6 nitrogen and oxygen atoms in total. The molecule has 1 amide bonds. The van der Waals surface area contributed by atoms with Gasteiger partial charge in [-0.3, -0.25) is 9.59 Å². The van der Waals surface area contributed by atoms with E-state index in [1.165, 1.54) is 11.3 Å². The molecule has 0 aromatic carbocycles. The molecule has 2 rings (SSSR count). The maximum atomic E-state index is 12.8. The molecule has 128 valence electrons. The Hall–Kier alpha value is -1.50. The smallest absolute Gasteiger partial charge is 0.306 e. The fourth-order valence-electron chi connectivity index (χ4n) is 3.39. The number of carbonyl (C=O) groups excluding carboxylic acids is 1. The van der Waals surface area contributed by atoms with E-state index in [1.807, 2.05) is 13.8 Å². The van der Waals surface area contributed by atoms with Crippen molar-refractivity contribution in [3.63, 3.8) is 0 Å². The van der Waals surface area contributed by atoms with Crippen LogP contribution in [0.2, 0.25) is 0 Å². The summed E-state index contributed by atoms with van der Waals surface area (Å²) in [6.07, 6.45) is 6.09. The molecule has 0 bridgehead atoms. The molecule has 1 aromatic rings. The van der Waals surface area contributed by atoms with E-state index in [2.05, 4.69) is 15.5 Å².